The third-order valence-electron chi connectivity index (χ3n) is 4.13. The Labute approximate surface area is 156 Å². The third kappa shape index (κ3) is 3.47. The summed E-state index contributed by atoms with van der Waals surface area (Å²) in [5.74, 6) is 0.323. The van der Waals surface area contributed by atoms with Crippen molar-refractivity contribution in [3.8, 4) is 5.75 Å². The molecule has 3 rings (SSSR count). The zero-order chi connectivity index (χ0) is 18.2. The summed E-state index contributed by atoms with van der Waals surface area (Å²) in [6, 6.07) is 10.8. The first-order valence-electron chi connectivity index (χ1n) is 7.45. The molecule has 5 nitrogen and oxygen atoms in total. The van der Waals surface area contributed by atoms with Gasteiger partial charge in [-0.2, -0.15) is 0 Å². The van der Waals surface area contributed by atoms with E-state index in [-0.39, 0.29) is 28.9 Å². The Morgan fingerprint density at radius 3 is 2.28 bits per heavy atom. The Kier molecular flexibility index (Phi) is 4.95. The zero-order valence-electron chi connectivity index (χ0n) is 13.3. The maximum Gasteiger partial charge on any atom is 0.253 e. The molecule has 1 saturated heterocycles. The molecule has 1 aliphatic rings. The summed E-state index contributed by atoms with van der Waals surface area (Å²) in [6.07, 6.45) is 0. The molecule has 1 amide bonds. The van der Waals surface area contributed by atoms with Crippen molar-refractivity contribution in [3.05, 3.63) is 58.1 Å². The van der Waals surface area contributed by atoms with E-state index in [2.05, 4.69) is 0 Å². The van der Waals surface area contributed by atoms with Crippen LogP contribution in [0.5, 0.6) is 5.75 Å². The summed E-state index contributed by atoms with van der Waals surface area (Å²) in [5, 5.41) is 0.0323. The van der Waals surface area contributed by atoms with Gasteiger partial charge in [-0.25, -0.2) is 8.42 Å². The smallest absolute Gasteiger partial charge is 0.253 e. The fraction of sp³-hybridized carbons (Fsp3) is 0.235. The van der Waals surface area contributed by atoms with E-state index in [1.54, 1.807) is 24.3 Å². The first-order valence-corrected chi connectivity index (χ1v) is 9.75. The van der Waals surface area contributed by atoms with Crippen LogP contribution in [0.4, 0.5) is 0 Å². The van der Waals surface area contributed by atoms with Crippen molar-refractivity contribution in [2.75, 3.05) is 20.2 Å². The average Bonchev–Trinajstić information content (AvgIpc) is 2.55. The second-order valence-electron chi connectivity index (χ2n) is 5.68. The molecule has 0 aromatic heterocycles. The molecule has 2 aromatic rings. The molecule has 0 unspecified atom stereocenters. The van der Waals surface area contributed by atoms with Gasteiger partial charge in [0.25, 0.3) is 5.91 Å². The number of carbonyl (C=O) groups excluding carboxylic acids is 1. The molecule has 0 aliphatic carbocycles. The molecular weight excluding hydrogens is 385 g/mol. The Bertz CT molecular complexity index is 907. The highest BCUT2D eigenvalue weighted by Crippen LogP contribution is 2.28. The fourth-order valence-corrected chi connectivity index (χ4v) is 4.52. The van der Waals surface area contributed by atoms with Crippen molar-refractivity contribution < 1.29 is 17.9 Å². The molecule has 8 heteroatoms. The highest BCUT2D eigenvalue weighted by molar-refractivity contribution is 7.92. The van der Waals surface area contributed by atoms with Crippen LogP contribution in [0.2, 0.25) is 10.0 Å². The minimum atomic E-state index is -3.49. The molecule has 132 valence electrons. The van der Waals surface area contributed by atoms with Crippen LogP contribution < -0.4 is 4.74 Å². The van der Waals surface area contributed by atoms with Crippen LogP contribution in [0.25, 0.3) is 0 Å². The number of hydrogen-bond donors (Lipinski definition) is 0. The number of methoxy groups -OCH3 is 1. The molecular formula is C17H15Cl2NO4S. The summed E-state index contributed by atoms with van der Waals surface area (Å²) in [5.41, 5.74) is 0.384. The van der Waals surface area contributed by atoms with Gasteiger partial charge in [0.1, 0.15) is 11.0 Å². The Morgan fingerprint density at radius 1 is 1.08 bits per heavy atom. The third-order valence-corrected chi connectivity index (χ3v) is 6.97. The predicted octanol–water partition coefficient (Wildman–Crippen LogP) is 3.30. The molecule has 25 heavy (non-hydrogen) atoms. The molecule has 0 N–H and O–H groups in total. The van der Waals surface area contributed by atoms with Crippen molar-refractivity contribution in [1.29, 1.82) is 0 Å². The summed E-state index contributed by atoms with van der Waals surface area (Å²) >= 11 is 11.8. The molecule has 1 heterocycles. The molecule has 0 bridgehead atoms. The van der Waals surface area contributed by atoms with E-state index in [4.69, 9.17) is 27.9 Å². The maximum atomic E-state index is 12.6. The number of sulfone groups is 1. The number of ether oxygens (including phenoxy) is 1. The number of amides is 1. The number of likely N-dealkylation sites (tertiary alicyclic amines) is 1. The average molecular weight is 400 g/mol. The van der Waals surface area contributed by atoms with Gasteiger partial charge >= 0.3 is 0 Å². The molecule has 1 aliphatic heterocycles. The monoisotopic (exact) mass is 399 g/mol. The van der Waals surface area contributed by atoms with Crippen molar-refractivity contribution in [2.24, 2.45) is 0 Å². The lowest BCUT2D eigenvalue weighted by Gasteiger charge is -2.38. The van der Waals surface area contributed by atoms with E-state index >= 15 is 0 Å². The summed E-state index contributed by atoms with van der Waals surface area (Å²) in [7, 11) is -1.97. The van der Waals surface area contributed by atoms with Crippen LogP contribution in [0.15, 0.2) is 47.4 Å². The van der Waals surface area contributed by atoms with E-state index in [1.807, 2.05) is 0 Å². The summed E-state index contributed by atoms with van der Waals surface area (Å²) in [6.45, 7) is 0.293. The normalized spacial score (nSPS) is 14.9. The van der Waals surface area contributed by atoms with E-state index in [0.717, 1.165) is 0 Å². The minimum absolute atomic E-state index is 0.146. The largest absolute Gasteiger partial charge is 0.497 e. The topological polar surface area (TPSA) is 63.7 Å². The lowest BCUT2D eigenvalue weighted by Crippen LogP contribution is -2.56. The lowest BCUT2D eigenvalue weighted by atomic mass is 10.1. The van der Waals surface area contributed by atoms with E-state index in [1.165, 1.54) is 30.2 Å². The van der Waals surface area contributed by atoms with Crippen molar-refractivity contribution in [1.82, 2.24) is 4.90 Å². The predicted molar refractivity (Wildman–Crippen MR) is 96.3 cm³/mol. The summed E-state index contributed by atoms with van der Waals surface area (Å²) in [4.78, 5) is 14.1. The van der Waals surface area contributed by atoms with Crippen LogP contribution >= 0.6 is 23.2 Å². The van der Waals surface area contributed by atoms with Crippen LogP contribution in [-0.2, 0) is 9.84 Å². The van der Waals surface area contributed by atoms with Gasteiger partial charge < -0.3 is 9.64 Å². The Balaban J connectivity index is 1.70. The Hall–Kier alpha value is -1.76. The summed E-state index contributed by atoms with van der Waals surface area (Å²) < 4.78 is 30.2. The number of benzene rings is 2. The first-order chi connectivity index (χ1) is 11.8. The molecule has 1 fully saturated rings. The number of nitrogens with zero attached hydrogens (tertiary/aromatic N) is 1. The molecule has 0 spiro atoms. The van der Waals surface area contributed by atoms with Crippen LogP contribution in [-0.4, -0.2) is 44.7 Å². The van der Waals surface area contributed by atoms with Gasteiger partial charge in [0.2, 0.25) is 0 Å². The van der Waals surface area contributed by atoms with Gasteiger partial charge in [0, 0.05) is 18.7 Å². The highest BCUT2D eigenvalue weighted by atomic mass is 35.5. The SMILES string of the molecule is COc1ccc(S(=O)(=O)C2CN(C(=O)c3ccc(Cl)c(Cl)c3)C2)cc1. The number of hydrogen-bond acceptors (Lipinski definition) is 4. The van der Waals surface area contributed by atoms with Crippen LogP contribution in [0, 0.1) is 0 Å². The number of carbonyl (C=O) groups is 1. The van der Waals surface area contributed by atoms with E-state index in [0.29, 0.717) is 16.3 Å². The van der Waals surface area contributed by atoms with Gasteiger partial charge in [-0.1, -0.05) is 23.2 Å². The molecule has 0 saturated carbocycles. The van der Waals surface area contributed by atoms with Gasteiger partial charge in [0.15, 0.2) is 9.84 Å². The molecule has 0 atom stereocenters. The first kappa shape index (κ1) is 18.0. The van der Waals surface area contributed by atoms with Crippen molar-refractivity contribution >= 4 is 38.9 Å². The number of rotatable bonds is 4. The molecule has 2 aromatic carbocycles. The standard InChI is InChI=1S/C17H15Cl2NO4S/c1-24-12-3-5-13(6-4-12)25(22,23)14-9-20(10-14)17(21)11-2-7-15(18)16(19)8-11/h2-8,14H,9-10H2,1H3. The van der Waals surface area contributed by atoms with Crippen LogP contribution in [0.1, 0.15) is 10.4 Å². The van der Waals surface area contributed by atoms with Gasteiger partial charge in [-0.05, 0) is 42.5 Å². The second kappa shape index (κ2) is 6.86. The molecule has 0 radical (unpaired) electrons. The number of halogens is 2. The van der Waals surface area contributed by atoms with Gasteiger partial charge in [-0.3, -0.25) is 4.79 Å². The minimum Gasteiger partial charge on any atom is -0.497 e. The van der Waals surface area contributed by atoms with Crippen LogP contribution in [0.3, 0.4) is 0 Å². The maximum absolute atomic E-state index is 12.6. The van der Waals surface area contributed by atoms with Crippen molar-refractivity contribution in [2.45, 2.75) is 10.1 Å². The second-order valence-corrected chi connectivity index (χ2v) is 8.72. The van der Waals surface area contributed by atoms with E-state index in [9.17, 15) is 13.2 Å². The Morgan fingerprint density at radius 2 is 1.72 bits per heavy atom. The highest BCUT2D eigenvalue weighted by Gasteiger charge is 2.40. The van der Waals surface area contributed by atoms with Crippen molar-refractivity contribution in [3.63, 3.8) is 0 Å². The fourth-order valence-electron chi connectivity index (χ4n) is 2.57. The quantitative estimate of drug-likeness (QED) is 0.790. The lowest BCUT2D eigenvalue weighted by molar-refractivity contribution is 0.0659. The van der Waals surface area contributed by atoms with Gasteiger partial charge in [0.05, 0.1) is 22.1 Å². The van der Waals surface area contributed by atoms with Gasteiger partial charge in [-0.15, -0.1) is 0 Å². The zero-order valence-corrected chi connectivity index (χ0v) is 15.6. The van der Waals surface area contributed by atoms with E-state index < -0.39 is 15.1 Å².